The molecule has 3 N–H and O–H groups in total. The van der Waals surface area contributed by atoms with Crippen LogP contribution in [0.4, 0.5) is 0 Å². The highest BCUT2D eigenvalue weighted by molar-refractivity contribution is 6.13. The van der Waals surface area contributed by atoms with Crippen molar-refractivity contribution in [3.63, 3.8) is 0 Å². The van der Waals surface area contributed by atoms with E-state index in [1.807, 2.05) is 48.5 Å². The predicted octanol–water partition coefficient (Wildman–Crippen LogP) is 1.65. The van der Waals surface area contributed by atoms with Gasteiger partial charge in [-0.25, -0.2) is 4.79 Å². The van der Waals surface area contributed by atoms with Crippen molar-refractivity contribution in [1.82, 2.24) is 15.5 Å². The van der Waals surface area contributed by atoms with E-state index >= 15 is 0 Å². The Morgan fingerprint density at radius 1 is 0.562 bits per heavy atom. The molecule has 4 amide bonds. The van der Waals surface area contributed by atoms with Gasteiger partial charge < -0.3 is 58.4 Å². The van der Waals surface area contributed by atoms with E-state index in [4.69, 9.17) is 42.6 Å². The minimum Gasteiger partial charge on any atom is -0.481 e. The number of rotatable bonds is 37. The Hall–Kier alpha value is -5.12. The molecule has 352 valence electrons. The second-order valence-corrected chi connectivity index (χ2v) is 14.3. The molecule has 2 aromatic carbocycles. The molecule has 1 atom stereocenters. The zero-order chi connectivity index (χ0) is 45.6. The highest BCUT2D eigenvalue weighted by Crippen LogP contribution is 2.44. The molecule has 0 radical (unpaired) electrons. The average molecular weight is 900 g/mol. The van der Waals surface area contributed by atoms with Crippen molar-refractivity contribution in [1.29, 1.82) is 0 Å². The molecule has 0 saturated carbocycles. The van der Waals surface area contributed by atoms with Gasteiger partial charge in [0, 0.05) is 50.4 Å². The molecule has 1 aliphatic carbocycles. The second-order valence-electron chi connectivity index (χ2n) is 14.3. The standard InChI is InChI=1S/C45H61N3O16/c49-40(13-16-48-42(51)10-11-43(48)52)46-15-18-57-20-22-59-24-26-61-28-30-63-32-31-62-29-27-60-25-23-58-21-19-56-17-14-41(50)47-39(9-12-44(53)54)45(55)64-33-38-36-7-3-1-5-34(36)35-6-2-4-8-37(35)38/h1-8,10-11,38-39H,9,12-33H2,(H,46,49)(H,47,50)(H,53,54)/t39-/m0/s1. The molecule has 0 unspecified atom stereocenters. The maximum atomic E-state index is 13.1. The van der Waals surface area contributed by atoms with E-state index in [1.54, 1.807) is 0 Å². The number of ether oxygens (including phenoxy) is 9. The molecule has 19 nitrogen and oxygen atoms in total. The van der Waals surface area contributed by atoms with Crippen LogP contribution in [0.1, 0.15) is 42.7 Å². The maximum Gasteiger partial charge on any atom is 0.328 e. The van der Waals surface area contributed by atoms with Gasteiger partial charge in [0.05, 0.1) is 106 Å². The zero-order valence-corrected chi connectivity index (χ0v) is 36.2. The molecule has 19 heteroatoms. The zero-order valence-electron chi connectivity index (χ0n) is 36.2. The van der Waals surface area contributed by atoms with Crippen molar-refractivity contribution in [2.45, 2.75) is 37.6 Å². The Balaban J connectivity index is 0.867. The quantitative estimate of drug-likeness (QED) is 0.0497. The van der Waals surface area contributed by atoms with Crippen molar-refractivity contribution in [3.05, 3.63) is 71.8 Å². The van der Waals surface area contributed by atoms with Crippen molar-refractivity contribution in [2.24, 2.45) is 0 Å². The van der Waals surface area contributed by atoms with Gasteiger partial charge in [-0.1, -0.05) is 48.5 Å². The summed E-state index contributed by atoms with van der Waals surface area (Å²) in [6, 6.07) is 14.8. The molecule has 0 saturated heterocycles. The molecule has 2 aliphatic rings. The molecule has 2 aromatic rings. The smallest absolute Gasteiger partial charge is 0.328 e. The lowest BCUT2D eigenvalue weighted by Gasteiger charge is -2.19. The van der Waals surface area contributed by atoms with E-state index in [1.165, 1.54) is 12.2 Å². The lowest BCUT2D eigenvalue weighted by Crippen LogP contribution is -2.42. The van der Waals surface area contributed by atoms with Crippen LogP contribution in [-0.4, -0.2) is 177 Å². The summed E-state index contributed by atoms with van der Waals surface area (Å²) in [6.07, 6.45) is 1.97. The third-order valence-electron chi connectivity index (χ3n) is 9.73. The van der Waals surface area contributed by atoms with Gasteiger partial charge in [0.2, 0.25) is 11.8 Å². The number of carboxylic acid groups (broad SMARTS) is 1. The van der Waals surface area contributed by atoms with E-state index in [9.17, 15) is 33.9 Å². The molecular formula is C45H61N3O16. The number of carboxylic acids is 1. The number of hydrogen-bond donors (Lipinski definition) is 3. The summed E-state index contributed by atoms with van der Waals surface area (Å²) in [4.78, 5) is 72.8. The average Bonchev–Trinajstić information content (AvgIpc) is 3.79. The Labute approximate surface area is 372 Å². The van der Waals surface area contributed by atoms with Crippen LogP contribution in [0.2, 0.25) is 0 Å². The topological polar surface area (TPSA) is 233 Å². The van der Waals surface area contributed by atoms with E-state index < -0.39 is 35.7 Å². The van der Waals surface area contributed by atoms with Gasteiger partial charge >= 0.3 is 11.9 Å². The molecule has 1 heterocycles. The summed E-state index contributed by atoms with van der Waals surface area (Å²) in [7, 11) is 0. The fourth-order valence-electron chi connectivity index (χ4n) is 6.51. The van der Waals surface area contributed by atoms with E-state index in [0.717, 1.165) is 27.2 Å². The Morgan fingerprint density at radius 2 is 1.00 bits per heavy atom. The highest BCUT2D eigenvalue weighted by atomic mass is 16.6. The third-order valence-corrected chi connectivity index (χ3v) is 9.73. The molecule has 1 aliphatic heterocycles. The van der Waals surface area contributed by atoms with Crippen LogP contribution in [0.15, 0.2) is 60.7 Å². The van der Waals surface area contributed by atoms with Crippen LogP contribution in [-0.2, 0) is 71.4 Å². The van der Waals surface area contributed by atoms with Crippen LogP contribution < -0.4 is 10.6 Å². The number of carbonyl (C=O) groups is 6. The summed E-state index contributed by atoms with van der Waals surface area (Å²) in [5.41, 5.74) is 4.27. The molecule has 0 aromatic heterocycles. The number of carbonyl (C=O) groups excluding carboxylic acids is 5. The number of fused-ring (bicyclic) bond motifs is 3. The van der Waals surface area contributed by atoms with Crippen molar-refractivity contribution in [2.75, 3.05) is 125 Å². The van der Waals surface area contributed by atoms with Gasteiger partial charge in [0.25, 0.3) is 11.8 Å². The highest BCUT2D eigenvalue weighted by Gasteiger charge is 2.31. The van der Waals surface area contributed by atoms with Gasteiger partial charge in [0.15, 0.2) is 0 Å². The lowest BCUT2D eigenvalue weighted by atomic mass is 9.98. The minimum absolute atomic E-state index is 0.0259. The monoisotopic (exact) mass is 899 g/mol. The number of aliphatic carboxylic acids is 1. The molecule has 0 bridgehead atoms. The first-order valence-corrected chi connectivity index (χ1v) is 21.5. The van der Waals surface area contributed by atoms with Gasteiger partial charge in [0.1, 0.15) is 12.6 Å². The Kier molecular flexibility index (Phi) is 24.9. The van der Waals surface area contributed by atoms with Gasteiger partial charge in [-0.3, -0.25) is 28.9 Å². The molecule has 0 fully saturated rings. The Bertz CT molecular complexity index is 1730. The summed E-state index contributed by atoms with van der Waals surface area (Å²) in [6.45, 7) is 6.14. The molecule has 0 spiro atoms. The number of hydrogen-bond acceptors (Lipinski definition) is 15. The first-order valence-electron chi connectivity index (χ1n) is 21.5. The van der Waals surface area contributed by atoms with Crippen LogP contribution in [0.25, 0.3) is 11.1 Å². The number of nitrogens with one attached hydrogen (secondary N) is 2. The second kappa shape index (κ2) is 30.9. The molecule has 4 rings (SSSR count). The van der Waals surface area contributed by atoms with Crippen LogP contribution in [0, 0.1) is 0 Å². The van der Waals surface area contributed by atoms with E-state index in [-0.39, 0.29) is 63.9 Å². The number of imide groups is 1. The van der Waals surface area contributed by atoms with Crippen molar-refractivity contribution in [3.8, 4) is 11.1 Å². The normalized spacial score (nSPS) is 13.5. The van der Waals surface area contributed by atoms with E-state index in [0.29, 0.717) is 99.0 Å². The fourth-order valence-corrected chi connectivity index (χ4v) is 6.51. The predicted molar refractivity (Wildman–Crippen MR) is 228 cm³/mol. The van der Waals surface area contributed by atoms with Gasteiger partial charge in [-0.2, -0.15) is 0 Å². The minimum atomic E-state index is -1.11. The maximum absolute atomic E-state index is 13.1. The fraction of sp³-hybridized carbons (Fsp3) is 0.556. The summed E-state index contributed by atoms with van der Waals surface area (Å²) < 4.78 is 49.4. The number of esters is 1. The summed E-state index contributed by atoms with van der Waals surface area (Å²) in [5, 5.41) is 14.5. The van der Waals surface area contributed by atoms with Crippen LogP contribution in [0.5, 0.6) is 0 Å². The van der Waals surface area contributed by atoms with Gasteiger partial charge in [-0.15, -0.1) is 0 Å². The first-order chi connectivity index (χ1) is 31.2. The summed E-state index contributed by atoms with van der Waals surface area (Å²) in [5.74, 6) is -3.47. The van der Waals surface area contributed by atoms with Crippen LogP contribution in [0.3, 0.4) is 0 Å². The largest absolute Gasteiger partial charge is 0.481 e. The lowest BCUT2D eigenvalue weighted by molar-refractivity contribution is -0.149. The molecule has 64 heavy (non-hydrogen) atoms. The first kappa shape index (κ1) is 51.5. The SMILES string of the molecule is O=C(O)CC[C@H](NC(=O)CCOCCOCCOCCOCCOCCOCCOCCOCCNC(=O)CCN1C(=O)C=CC1=O)C(=O)OCC1c2ccccc2-c2ccccc21. The Morgan fingerprint density at radius 3 is 1.47 bits per heavy atom. The van der Waals surface area contributed by atoms with E-state index in [2.05, 4.69) is 10.6 Å². The number of nitrogens with zero attached hydrogens (tertiary/aromatic N) is 1. The van der Waals surface area contributed by atoms with Gasteiger partial charge in [-0.05, 0) is 28.7 Å². The van der Waals surface area contributed by atoms with Crippen LogP contribution >= 0.6 is 0 Å². The van der Waals surface area contributed by atoms with Crippen molar-refractivity contribution < 1.29 is 76.5 Å². The number of benzene rings is 2. The molecular weight excluding hydrogens is 838 g/mol. The van der Waals surface area contributed by atoms with Crippen molar-refractivity contribution >= 4 is 35.6 Å². The third kappa shape index (κ3) is 19.7. The number of amides is 4. The summed E-state index contributed by atoms with van der Waals surface area (Å²) >= 11 is 0.